The molecule has 0 aliphatic carbocycles. The molecule has 0 radical (unpaired) electrons. The number of pyridine rings is 1. The van der Waals surface area contributed by atoms with Crippen molar-refractivity contribution < 1.29 is 18.8 Å². The highest BCUT2D eigenvalue weighted by Gasteiger charge is 2.51. The van der Waals surface area contributed by atoms with Crippen LogP contribution in [0.3, 0.4) is 0 Å². The van der Waals surface area contributed by atoms with E-state index in [1.165, 1.54) is 30.5 Å². The fourth-order valence-electron chi connectivity index (χ4n) is 3.10. The lowest BCUT2D eigenvalue weighted by molar-refractivity contribution is -0.134. The van der Waals surface area contributed by atoms with Gasteiger partial charge in [-0.05, 0) is 36.6 Å². The van der Waals surface area contributed by atoms with E-state index < -0.39 is 35.7 Å². The zero-order valence-corrected chi connectivity index (χ0v) is 17.1. The van der Waals surface area contributed by atoms with Gasteiger partial charge in [0, 0.05) is 6.20 Å². The molecule has 1 saturated heterocycles. The summed E-state index contributed by atoms with van der Waals surface area (Å²) in [5.41, 5.74) is -0.395. The van der Waals surface area contributed by atoms with Crippen LogP contribution in [0.2, 0.25) is 10.0 Å². The second-order valence-corrected chi connectivity index (χ2v) is 7.31. The van der Waals surface area contributed by atoms with Crippen LogP contribution in [0.1, 0.15) is 24.5 Å². The molecule has 2 N–H and O–H groups in total. The fraction of sp³-hybridized carbons (Fsp3) is 0.263. The Bertz CT molecular complexity index is 1000. The Morgan fingerprint density at radius 3 is 2.55 bits per heavy atom. The van der Waals surface area contributed by atoms with Gasteiger partial charge in [0.05, 0.1) is 10.0 Å². The van der Waals surface area contributed by atoms with Crippen molar-refractivity contribution in [3.8, 4) is 0 Å². The van der Waals surface area contributed by atoms with Gasteiger partial charge in [0.25, 0.3) is 5.91 Å². The lowest BCUT2D eigenvalue weighted by Gasteiger charge is -2.25. The maximum absolute atomic E-state index is 13.3. The summed E-state index contributed by atoms with van der Waals surface area (Å²) in [6, 6.07) is 4.56. The number of urea groups is 1. The second-order valence-electron chi connectivity index (χ2n) is 6.53. The predicted octanol–water partition coefficient (Wildman–Crippen LogP) is 3.63. The first-order valence-electron chi connectivity index (χ1n) is 8.70. The van der Waals surface area contributed by atoms with Crippen LogP contribution in [0.15, 0.2) is 30.5 Å². The first-order chi connectivity index (χ1) is 13.7. The first kappa shape index (κ1) is 21.0. The van der Waals surface area contributed by atoms with E-state index in [0.717, 1.165) is 4.90 Å². The molecular formula is C19H17Cl2FN4O3. The molecular weight excluding hydrogens is 422 g/mol. The number of carbonyl (C=O) groups excluding carboxylic acids is 3. The highest BCUT2D eigenvalue weighted by atomic mass is 35.5. The molecule has 10 heteroatoms. The Labute approximate surface area is 176 Å². The van der Waals surface area contributed by atoms with Crippen molar-refractivity contribution in [1.82, 2.24) is 15.2 Å². The summed E-state index contributed by atoms with van der Waals surface area (Å²) in [4.78, 5) is 42.6. The minimum Gasteiger partial charge on any atom is -0.319 e. The fourth-order valence-corrected chi connectivity index (χ4v) is 3.49. The van der Waals surface area contributed by atoms with E-state index in [1.807, 2.05) is 0 Å². The molecule has 7 nitrogen and oxygen atoms in total. The zero-order chi connectivity index (χ0) is 21.3. The number of benzene rings is 1. The lowest BCUT2D eigenvalue weighted by atomic mass is 9.87. The summed E-state index contributed by atoms with van der Waals surface area (Å²) < 4.78 is 13.3. The molecule has 3 rings (SSSR count). The molecule has 1 aromatic carbocycles. The number of aromatic nitrogens is 1. The van der Waals surface area contributed by atoms with Gasteiger partial charge >= 0.3 is 6.03 Å². The third kappa shape index (κ3) is 3.77. The quantitative estimate of drug-likeness (QED) is 0.697. The molecule has 1 aromatic heterocycles. The van der Waals surface area contributed by atoms with Crippen molar-refractivity contribution in [3.63, 3.8) is 0 Å². The van der Waals surface area contributed by atoms with Crippen LogP contribution in [0.25, 0.3) is 0 Å². The second kappa shape index (κ2) is 7.96. The largest absolute Gasteiger partial charge is 0.325 e. The van der Waals surface area contributed by atoms with E-state index in [0.29, 0.717) is 16.1 Å². The van der Waals surface area contributed by atoms with E-state index in [-0.39, 0.29) is 17.3 Å². The van der Waals surface area contributed by atoms with Gasteiger partial charge in [-0.15, -0.1) is 0 Å². The third-order valence-corrected chi connectivity index (χ3v) is 5.65. The highest BCUT2D eigenvalue weighted by Crippen LogP contribution is 2.33. The normalized spacial score (nSPS) is 18.7. The Morgan fingerprint density at radius 2 is 1.93 bits per heavy atom. The topological polar surface area (TPSA) is 91.4 Å². The van der Waals surface area contributed by atoms with Crippen molar-refractivity contribution in [2.24, 2.45) is 0 Å². The van der Waals surface area contributed by atoms with Crippen LogP contribution in [0, 0.1) is 12.7 Å². The standard InChI is InChI=1S/C19H17Cl2FN4O3/c1-3-19(11-4-6-12(22)7-5-11)17(28)26(18(29)25-19)9-14(27)24-16-15(21)10(2)13(20)8-23-16/h4-8H,3,9H2,1-2H3,(H,25,29)(H,23,24,27). The van der Waals surface area contributed by atoms with Crippen molar-refractivity contribution in [2.45, 2.75) is 25.8 Å². The average Bonchev–Trinajstić information content (AvgIpc) is 2.94. The molecule has 2 heterocycles. The minimum atomic E-state index is -1.36. The smallest absolute Gasteiger partial charge is 0.319 e. The summed E-state index contributed by atoms with van der Waals surface area (Å²) in [7, 11) is 0. The highest BCUT2D eigenvalue weighted by molar-refractivity contribution is 6.37. The molecule has 29 heavy (non-hydrogen) atoms. The summed E-state index contributed by atoms with van der Waals surface area (Å²) in [5, 5.41) is 5.61. The van der Waals surface area contributed by atoms with E-state index in [9.17, 15) is 18.8 Å². The van der Waals surface area contributed by atoms with Crippen LogP contribution in [-0.4, -0.2) is 34.3 Å². The summed E-state index contributed by atoms with van der Waals surface area (Å²) in [5.74, 6) is -1.64. The van der Waals surface area contributed by atoms with E-state index in [2.05, 4.69) is 15.6 Å². The Kier molecular flexibility index (Phi) is 5.77. The number of imide groups is 1. The molecule has 2 aromatic rings. The van der Waals surface area contributed by atoms with E-state index >= 15 is 0 Å². The van der Waals surface area contributed by atoms with Crippen LogP contribution in [0.5, 0.6) is 0 Å². The van der Waals surface area contributed by atoms with Crippen LogP contribution >= 0.6 is 23.2 Å². The molecule has 0 bridgehead atoms. The SMILES string of the molecule is CCC1(c2ccc(F)cc2)NC(=O)N(CC(=O)Nc2ncc(Cl)c(C)c2Cl)C1=O. The van der Waals surface area contributed by atoms with Crippen molar-refractivity contribution in [2.75, 3.05) is 11.9 Å². The number of anilines is 1. The van der Waals surface area contributed by atoms with Crippen LogP contribution in [0.4, 0.5) is 15.0 Å². The monoisotopic (exact) mass is 438 g/mol. The minimum absolute atomic E-state index is 0.0749. The summed E-state index contributed by atoms with van der Waals surface area (Å²) in [6.07, 6.45) is 1.56. The molecule has 1 aliphatic heterocycles. The zero-order valence-electron chi connectivity index (χ0n) is 15.6. The molecule has 0 saturated carbocycles. The summed E-state index contributed by atoms with van der Waals surface area (Å²) in [6.45, 7) is 2.84. The van der Waals surface area contributed by atoms with Gasteiger partial charge in [0.2, 0.25) is 5.91 Å². The van der Waals surface area contributed by atoms with Crippen molar-refractivity contribution in [1.29, 1.82) is 0 Å². The number of nitrogens with one attached hydrogen (secondary N) is 2. The number of amides is 4. The van der Waals surface area contributed by atoms with Crippen molar-refractivity contribution >= 4 is 46.9 Å². The molecule has 1 aliphatic rings. The van der Waals surface area contributed by atoms with Gasteiger partial charge in [-0.3, -0.25) is 14.5 Å². The maximum atomic E-state index is 13.3. The van der Waals surface area contributed by atoms with Crippen molar-refractivity contribution in [3.05, 3.63) is 57.5 Å². The van der Waals surface area contributed by atoms with Gasteiger partial charge < -0.3 is 10.6 Å². The predicted molar refractivity (Wildman–Crippen MR) is 106 cm³/mol. The van der Waals surface area contributed by atoms with Gasteiger partial charge in [-0.25, -0.2) is 14.2 Å². The van der Waals surface area contributed by atoms with Crippen LogP contribution in [-0.2, 0) is 15.1 Å². The number of nitrogens with zero attached hydrogens (tertiary/aromatic N) is 2. The van der Waals surface area contributed by atoms with Gasteiger partial charge in [0.15, 0.2) is 5.82 Å². The summed E-state index contributed by atoms with van der Waals surface area (Å²) >= 11 is 12.0. The van der Waals surface area contributed by atoms with Gasteiger partial charge in [0.1, 0.15) is 17.9 Å². The van der Waals surface area contributed by atoms with Gasteiger partial charge in [-0.2, -0.15) is 0 Å². The average molecular weight is 439 g/mol. The van der Waals surface area contributed by atoms with Crippen LogP contribution < -0.4 is 10.6 Å². The lowest BCUT2D eigenvalue weighted by Crippen LogP contribution is -2.44. The molecule has 152 valence electrons. The van der Waals surface area contributed by atoms with E-state index in [1.54, 1.807) is 13.8 Å². The molecule has 1 atom stereocenters. The molecule has 1 fully saturated rings. The Hall–Kier alpha value is -2.71. The van der Waals surface area contributed by atoms with Gasteiger partial charge in [-0.1, -0.05) is 42.3 Å². The Morgan fingerprint density at radius 1 is 1.28 bits per heavy atom. The number of halogens is 3. The first-order valence-corrected chi connectivity index (χ1v) is 9.45. The number of carbonyl (C=O) groups is 3. The van der Waals surface area contributed by atoms with E-state index in [4.69, 9.17) is 23.2 Å². The molecule has 1 unspecified atom stereocenters. The molecule has 4 amide bonds. The maximum Gasteiger partial charge on any atom is 0.325 e. The Balaban J connectivity index is 1.80. The number of hydrogen-bond acceptors (Lipinski definition) is 4. The number of hydrogen-bond donors (Lipinski definition) is 2. The third-order valence-electron chi connectivity index (χ3n) is 4.80. The number of rotatable bonds is 5. The molecule has 0 spiro atoms.